The molecule has 94 valence electrons. The summed E-state index contributed by atoms with van der Waals surface area (Å²) < 4.78 is 5.51. The number of amides is 1. The van der Waals surface area contributed by atoms with Crippen LogP contribution in [0.5, 0.6) is 5.75 Å². The maximum absolute atomic E-state index is 11.5. The Morgan fingerprint density at radius 1 is 1.53 bits per heavy atom. The van der Waals surface area contributed by atoms with Crippen LogP contribution in [-0.2, 0) is 4.79 Å². The first kappa shape index (κ1) is 14.1. The first-order valence-electron chi connectivity index (χ1n) is 5.20. The van der Waals surface area contributed by atoms with Gasteiger partial charge in [-0.05, 0) is 24.6 Å². The molecule has 1 atom stereocenters. The van der Waals surface area contributed by atoms with Crippen LogP contribution in [-0.4, -0.2) is 12.0 Å². The molecule has 4 nitrogen and oxygen atoms in total. The summed E-state index contributed by atoms with van der Waals surface area (Å²) in [6.45, 7) is 1.95. The number of rotatable bonds is 5. The van der Waals surface area contributed by atoms with Crippen LogP contribution in [0.3, 0.4) is 0 Å². The number of benzene rings is 1. The van der Waals surface area contributed by atoms with Gasteiger partial charge in [0.2, 0.25) is 0 Å². The molecule has 0 aliphatic heterocycles. The molecule has 0 bridgehead atoms. The maximum Gasteiger partial charge on any atom is 0.274 e. The second-order valence-corrected chi connectivity index (χ2v) is 4.32. The van der Waals surface area contributed by atoms with Gasteiger partial charge >= 0.3 is 0 Å². The summed E-state index contributed by atoms with van der Waals surface area (Å²) in [6.07, 6.45) is 0.703. The fourth-order valence-electron chi connectivity index (χ4n) is 1.32. The van der Waals surface area contributed by atoms with Gasteiger partial charge < -0.3 is 4.74 Å². The van der Waals surface area contributed by atoms with Crippen molar-refractivity contribution < 1.29 is 9.53 Å². The molecule has 0 saturated carbocycles. The summed E-state index contributed by atoms with van der Waals surface area (Å²) in [5.41, 5.74) is 2.07. The van der Waals surface area contributed by atoms with Gasteiger partial charge in [0.25, 0.3) is 5.91 Å². The zero-order valence-electron chi connectivity index (χ0n) is 9.37. The van der Waals surface area contributed by atoms with Gasteiger partial charge in [0.15, 0.2) is 6.10 Å². The van der Waals surface area contributed by atoms with Crippen LogP contribution in [0.25, 0.3) is 0 Å². The van der Waals surface area contributed by atoms with Crippen LogP contribution >= 0.6 is 23.2 Å². The summed E-state index contributed by atoms with van der Waals surface area (Å²) in [5, 5.41) is 0.876. The monoisotopic (exact) mass is 276 g/mol. The lowest BCUT2D eigenvalue weighted by Crippen LogP contribution is -2.42. The van der Waals surface area contributed by atoms with E-state index in [1.54, 1.807) is 18.2 Å². The van der Waals surface area contributed by atoms with E-state index in [2.05, 4.69) is 5.43 Å². The van der Waals surface area contributed by atoms with Crippen molar-refractivity contribution in [2.45, 2.75) is 25.9 Å². The average molecular weight is 277 g/mol. The average Bonchev–Trinajstić information content (AvgIpc) is 2.30. The Morgan fingerprint density at radius 3 is 2.76 bits per heavy atom. The van der Waals surface area contributed by atoms with Gasteiger partial charge in [-0.25, -0.2) is 5.84 Å². The largest absolute Gasteiger partial charge is 0.479 e. The maximum atomic E-state index is 11.5. The molecule has 0 spiro atoms. The quantitative estimate of drug-likeness (QED) is 0.494. The standard InChI is InChI=1S/C11H14Cl2N2O2/c1-2-3-10(11(16)15-14)17-9-5-4-7(12)6-8(9)13/h4-6,10H,2-3,14H2,1H3,(H,15,16). The number of carbonyl (C=O) groups is 1. The molecule has 0 heterocycles. The number of hydrazine groups is 1. The van der Waals surface area contributed by atoms with Gasteiger partial charge in [-0.2, -0.15) is 0 Å². The zero-order valence-corrected chi connectivity index (χ0v) is 10.9. The number of hydrogen-bond donors (Lipinski definition) is 2. The smallest absolute Gasteiger partial charge is 0.274 e. The lowest BCUT2D eigenvalue weighted by atomic mass is 10.2. The summed E-state index contributed by atoms with van der Waals surface area (Å²) >= 11 is 11.7. The summed E-state index contributed by atoms with van der Waals surface area (Å²) in [4.78, 5) is 11.5. The minimum Gasteiger partial charge on any atom is -0.479 e. The van der Waals surface area contributed by atoms with E-state index in [1.807, 2.05) is 6.92 Å². The van der Waals surface area contributed by atoms with Gasteiger partial charge in [-0.1, -0.05) is 36.5 Å². The SMILES string of the molecule is CCCC(Oc1ccc(Cl)cc1Cl)C(=O)NN. The number of hydrogen-bond acceptors (Lipinski definition) is 3. The molecular weight excluding hydrogens is 263 g/mol. The van der Waals surface area contributed by atoms with E-state index in [1.165, 1.54) is 0 Å². The molecule has 1 amide bonds. The van der Waals surface area contributed by atoms with Crippen molar-refractivity contribution in [2.24, 2.45) is 5.84 Å². The van der Waals surface area contributed by atoms with E-state index >= 15 is 0 Å². The van der Waals surface area contributed by atoms with Gasteiger partial charge in [0, 0.05) is 5.02 Å². The fraction of sp³-hybridized carbons (Fsp3) is 0.364. The van der Waals surface area contributed by atoms with E-state index in [-0.39, 0.29) is 5.91 Å². The molecule has 0 radical (unpaired) electrons. The van der Waals surface area contributed by atoms with Gasteiger partial charge in [0.1, 0.15) is 5.75 Å². The lowest BCUT2D eigenvalue weighted by Gasteiger charge is -2.17. The van der Waals surface area contributed by atoms with Crippen LogP contribution in [0.15, 0.2) is 18.2 Å². The Hall–Kier alpha value is -0.970. The summed E-state index contributed by atoms with van der Waals surface area (Å²) in [6, 6.07) is 4.82. The molecule has 3 N–H and O–H groups in total. The van der Waals surface area contributed by atoms with Crippen molar-refractivity contribution in [1.82, 2.24) is 5.43 Å². The number of nitrogens with one attached hydrogen (secondary N) is 1. The van der Waals surface area contributed by atoms with E-state index in [4.69, 9.17) is 33.8 Å². The molecule has 6 heteroatoms. The van der Waals surface area contributed by atoms with E-state index in [9.17, 15) is 4.79 Å². The van der Waals surface area contributed by atoms with Crippen LogP contribution in [0.2, 0.25) is 10.0 Å². The minimum absolute atomic E-state index is 0.364. The first-order chi connectivity index (χ1) is 8.08. The lowest BCUT2D eigenvalue weighted by molar-refractivity contribution is -0.128. The molecule has 0 aromatic heterocycles. The summed E-state index contributed by atoms with van der Waals surface area (Å²) in [7, 11) is 0. The zero-order chi connectivity index (χ0) is 12.8. The predicted octanol–water partition coefficient (Wildman–Crippen LogP) is 2.53. The number of ether oxygens (including phenoxy) is 1. The Balaban J connectivity index is 2.82. The third-order valence-electron chi connectivity index (χ3n) is 2.15. The van der Waals surface area contributed by atoms with Crippen LogP contribution in [0.4, 0.5) is 0 Å². The van der Waals surface area contributed by atoms with Crippen molar-refractivity contribution in [3.05, 3.63) is 28.2 Å². The number of carbonyl (C=O) groups excluding carboxylic acids is 1. The van der Waals surface area contributed by atoms with Crippen LogP contribution < -0.4 is 16.0 Å². The molecule has 17 heavy (non-hydrogen) atoms. The molecule has 1 rings (SSSR count). The number of halogens is 2. The van der Waals surface area contributed by atoms with Gasteiger partial charge in [0.05, 0.1) is 5.02 Å². The molecule has 0 aliphatic rings. The molecule has 1 aromatic carbocycles. The Morgan fingerprint density at radius 2 is 2.24 bits per heavy atom. The highest BCUT2D eigenvalue weighted by Crippen LogP contribution is 2.28. The van der Waals surface area contributed by atoms with Crippen molar-refractivity contribution in [3.8, 4) is 5.75 Å². The normalized spacial score (nSPS) is 12.0. The predicted molar refractivity (Wildman–Crippen MR) is 68.1 cm³/mol. The van der Waals surface area contributed by atoms with E-state index in [0.717, 1.165) is 6.42 Å². The third kappa shape index (κ3) is 4.07. The first-order valence-corrected chi connectivity index (χ1v) is 5.96. The fourth-order valence-corrected chi connectivity index (χ4v) is 1.78. The van der Waals surface area contributed by atoms with Gasteiger partial charge in [-0.3, -0.25) is 10.2 Å². The molecule has 0 saturated heterocycles. The van der Waals surface area contributed by atoms with Crippen molar-refractivity contribution in [1.29, 1.82) is 0 Å². The van der Waals surface area contributed by atoms with Crippen LogP contribution in [0, 0.1) is 0 Å². The van der Waals surface area contributed by atoms with E-state index in [0.29, 0.717) is 22.2 Å². The third-order valence-corrected chi connectivity index (χ3v) is 2.68. The highest BCUT2D eigenvalue weighted by Gasteiger charge is 2.19. The van der Waals surface area contributed by atoms with E-state index < -0.39 is 6.10 Å². The topological polar surface area (TPSA) is 64.3 Å². The molecular formula is C11H14Cl2N2O2. The van der Waals surface area contributed by atoms with Gasteiger partial charge in [-0.15, -0.1) is 0 Å². The second kappa shape index (κ2) is 6.69. The minimum atomic E-state index is -0.649. The highest BCUT2D eigenvalue weighted by molar-refractivity contribution is 6.35. The molecule has 1 unspecified atom stereocenters. The second-order valence-electron chi connectivity index (χ2n) is 3.48. The van der Waals surface area contributed by atoms with Crippen molar-refractivity contribution in [2.75, 3.05) is 0 Å². The molecule has 0 fully saturated rings. The highest BCUT2D eigenvalue weighted by atomic mass is 35.5. The molecule has 0 aliphatic carbocycles. The van der Waals surface area contributed by atoms with Crippen LogP contribution in [0.1, 0.15) is 19.8 Å². The van der Waals surface area contributed by atoms with Crippen molar-refractivity contribution in [3.63, 3.8) is 0 Å². The molecule has 1 aromatic rings. The summed E-state index contributed by atoms with van der Waals surface area (Å²) in [5.74, 6) is 5.12. The van der Waals surface area contributed by atoms with Crippen molar-refractivity contribution >= 4 is 29.1 Å². The Bertz CT molecular complexity index is 399. The Labute approximate surface area is 110 Å². The Kier molecular flexibility index (Phi) is 5.55. The number of nitrogens with two attached hydrogens (primary N) is 1.